The average molecular weight is 362 g/mol. The Morgan fingerprint density at radius 3 is 2.31 bits per heavy atom. The smallest absolute Gasteiger partial charge is 0.253 e. The fraction of sp³-hybridized carbons (Fsp3) is 0.600. The van der Waals surface area contributed by atoms with Crippen LogP contribution in [0.5, 0.6) is 0 Å². The third kappa shape index (κ3) is 4.06. The maximum Gasteiger partial charge on any atom is 0.253 e. The van der Waals surface area contributed by atoms with Gasteiger partial charge in [-0.05, 0) is 50.3 Å². The number of ether oxygens (including phenoxy) is 1. The molecule has 0 aromatic heterocycles. The molecule has 2 aliphatic rings. The number of carbonyl (C=O) groups is 2. The molecule has 0 radical (unpaired) electrons. The molecule has 0 unspecified atom stereocenters. The van der Waals surface area contributed by atoms with Crippen molar-refractivity contribution in [2.24, 2.45) is 0 Å². The second-order valence-electron chi connectivity index (χ2n) is 7.26. The van der Waals surface area contributed by atoms with Crippen LogP contribution in [0.4, 0.5) is 4.39 Å². The molecule has 142 valence electrons. The molecule has 0 aliphatic carbocycles. The van der Waals surface area contributed by atoms with Crippen molar-refractivity contribution in [1.29, 1.82) is 0 Å². The molecular formula is C20H27FN2O3. The van der Waals surface area contributed by atoms with E-state index < -0.39 is 0 Å². The van der Waals surface area contributed by atoms with E-state index in [0.717, 1.165) is 25.7 Å². The van der Waals surface area contributed by atoms with Crippen LogP contribution in [-0.4, -0.2) is 60.0 Å². The topological polar surface area (TPSA) is 49.9 Å². The third-order valence-corrected chi connectivity index (χ3v) is 5.51. The summed E-state index contributed by atoms with van der Waals surface area (Å²) in [4.78, 5) is 28.6. The molecular weight excluding hydrogens is 335 g/mol. The normalized spacial score (nSPS) is 19.4. The van der Waals surface area contributed by atoms with E-state index in [4.69, 9.17) is 4.74 Å². The van der Waals surface area contributed by atoms with Crippen molar-refractivity contribution in [3.05, 3.63) is 35.1 Å². The van der Waals surface area contributed by atoms with Gasteiger partial charge in [0.25, 0.3) is 5.91 Å². The van der Waals surface area contributed by atoms with Crippen molar-refractivity contribution in [2.75, 3.05) is 26.3 Å². The zero-order chi connectivity index (χ0) is 18.7. The summed E-state index contributed by atoms with van der Waals surface area (Å²) < 4.78 is 19.2. The quantitative estimate of drug-likeness (QED) is 0.831. The highest BCUT2D eigenvalue weighted by Crippen LogP contribution is 2.25. The minimum Gasteiger partial charge on any atom is -0.381 e. The first-order valence-corrected chi connectivity index (χ1v) is 9.39. The highest BCUT2D eigenvalue weighted by molar-refractivity contribution is 5.94. The lowest BCUT2D eigenvalue weighted by Gasteiger charge is -2.43. The van der Waals surface area contributed by atoms with Crippen molar-refractivity contribution in [3.63, 3.8) is 0 Å². The number of benzene rings is 1. The van der Waals surface area contributed by atoms with Gasteiger partial charge in [0.2, 0.25) is 5.91 Å². The summed E-state index contributed by atoms with van der Waals surface area (Å²) in [7, 11) is 0. The Morgan fingerprint density at radius 2 is 1.73 bits per heavy atom. The number of hydrogen-bond donors (Lipinski definition) is 0. The van der Waals surface area contributed by atoms with Crippen LogP contribution in [0.3, 0.4) is 0 Å². The highest BCUT2D eigenvalue weighted by Gasteiger charge is 2.33. The van der Waals surface area contributed by atoms with E-state index in [1.54, 1.807) is 30.9 Å². The standard InChI is InChI=1S/C20H27FN2O3/c1-14-3-4-16(13-19(14)21)20(25)22-9-5-17(6-10-22)23(15(2)24)18-7-11-26-12-8-18/h3-4,13,17-18H,5-12H2,1-2H3. The lowest BCUT2D eigenvalue weighted by molar-refractivity contribution is -0.137. The molecule has 0 N–H and O–H groups in total. The highest BCUT2D eigenvalue weighted by atomic mass is 19.1. The molecule has 26 heavy (non-hydrogen) atoms. The Hall–Kier alpha value is -1.95. The summed E-state index contributed by atoms with van der Waals surface area (Å²) in [5.74, 6) is -0.391. The summed E-state index contributed by atoms with van der Waals surface area (Å²) in [6, 6.07) is 5.02. The van der Waals surface area contributed by atoms with Crippen molar-refractivity contribution >= 4 is 11.8 Å². The number of likely N-dealkylation sites (tertiary alicyclic amines) is 1. The number of aryl methyl sites for hydroxylation is 1. The number of carbonyl (C=O) groups excluding carboxylic acids is 2. The second kappa shape index (κ2) is 8.16. The van der Waals surface area contributed by atoms with Gasteiger partial charge in [-0.3, -0.25) is 9.59 Å². The van der Waals surface area contributed by atoms with Gasteiger partial charge in [0.1, 0.15) is 5.82 Å². The molecule has 0 saturated carbocycles. The predicted octanol–water partition coefficient (Wildman–Crippen LogP) is 2.77. The summed E-state index contributed by atoms with van der Waals surface area (Å²) in [5, 5.41) is 0. The molecule has 1 aromatic rings. The molecule has 2 heterocycles. The second-order valence-corrected chi connectivity index (χ2v) is 7.26. The largest absolute Gasteiger partial charge is 0.381 e. The van der Waals surface area contributed by atoms with Gasteiger partial charge in [0, 0.05) is 50.9 Å². The molecule has 2 fully saturated rings. The molecule has 3 rings (SSSR count). The van der Waals surface area contributed by atoms with E-state index in [0.29, 0.717) is 37.4 Å². The monoisotopic (exact) mass is 362 g/mol. The van der Waals surface area contributed by atoms with E-state index in [1.807, 2.05) is 4.90 Å². The van der Waals surface area contributed by atoms with Gasteiger partial charge in [-0.1, -0.05) is 6.07 Å². The molecule has 2 saturated heterocycles. The zero-order valence-electron chi connectivity index (χ0n) is 15.5. The Kier molecular flexibility index (Phi) is 5.91. The minimum atomic E-state index is -0.354. The molecule has 0 atom stereocenters. The molecule has 0 spiro atoms. The Labute approximate surface area is 154 Å². The van der Waals surface area contributed by atoms with Crippen molar-refractivity contribution in [3.8, 4) is 0 Å². The molecule has 1 aromatic carbocycles. The predicted molar refractivity (Wildman–Crippen MR) is 96.4 cm³/mol. The fourth-order valence-corrected chi connectivity index (χ4v) is 4.03. The van der Waals surface area contributed by atoms with Gasteiger partial charge in [-0.25, -0.2) is 4.39 Å². The summed E-state index contributed by atoms with van der Waals surface area (Å²) in [6.45, 7) is 5.89. The van der Waals surface area contributed by atoms with E-state index >= 15 is 0 Å². The average Bonchev–Trinajstić information content (AvgIpc) is 2.65. The summed E-state index contributed by atoms with van der Waals surface area (Å²) >= 11 is 0. The molecule has 2 aliphatic heterocycles. The maximum absolute atomic E-state index is 13.7. The van der Waals surface area contributed by atoms with Gasteiger partial charge in [0.05, 0.1) is 0 Å². The van der Waals surface area contributed by atoms with Crippen molar-refractivity contribution in [2.45, 2.75) is 51.6 Å². The van der Waals surface area contributed by atoms with E-state index in [1.165, 1.54) is 6.07 Å². The first-order valence-electron chi connectivity index (χ1n) is 9.39. The van der Waals surface area contributed by atoms with Crippen LogP contribution >= 0.6 is 0 Å². The van der Waals surface area contributed by atoms with Gasteiger partial charge in [-0.2, -0.15) is 0 Å². The summed E-state index contributed by atoms with van der Waals surface area (Å²) in [6.07, 6.45) is 3.27. The van der Waals surface area contributed by atoms with Crippen LogP contribution in [-0.2, 0) is 9.53 Å². The lowest BCUT2D eigenvalue weighted by atomic mass is 9.97. The molecule has 0 bridgehead atoms. The van der Waals surface area contributed by atoms with Crippen molar-refractivity contribution in [1.82, 2.24) is 9.80 Å². The molecule has 5 nitrogen and oxygen atoms in total. The Bertz CT molecular complexity index is 665. The van der Waals surface area contributed by atoms with Crippen LogP contribution in [0.25, 0.3) is 0 Å². The number of rotatable bonds is 3. The minimum absolute atomic E-state index is 0.0993. The zero-order valence-corrected chi connectivity index (χ0v) is 15.5. The van der Waals surface area contributed by atoms with Crippen LogP contribution in [0.2, 0.25) is 0 Å². The van der Waals surface area contributed by atoms with E-state index in [9.17, 15) is 14.0 Å². The fourth-order valence-electron chi connectivity index (χ4n) is 4.03. The van der Waals surface area contributed by atoms with Crippen molar-refractivity contribution < 1.29 is 18.7 Å². The number of halogens is 1. The first-order chi connectivity index (χ1) is 12.5. The molecule has 6 heteroatoms. The summed E-state index contributed by atoms with van der Waals surface area (Å²) in [5.41, 5.74) is 0.924. The third-order valence-electron chi connectivity index (χ3n) is 5.51. The van der Waals surface area contributed by atoms with E-state index in [-0.39, 0.29) is 29.7 Å². The van der Waals surface area contributed by atoms with Crippen LogP contribution in [0, 0.1) is 12.7 Å². The lowest BCUT2D eigenvalue weighted by Crippen LogP contribution is -2.53. The van der Waals surface area contributed by atoms with Gasteiger partial charge >= 0.3 is 0 Å². The SMILES string of the molecule is CC(=O)N(C1CCOCC1)C1CCN(C(=O)c2ccc(C)c(F)c2)CC1. The van der Waals surface area contributed by atoms with Crippen LogP contribution in [0.15, 0.2) is 18.2 Å². The molecule has 2 amide bonds. The number of hydrogen-bond acceptors (Lipinski definition) is 3. The number of amides is 2. The van der Waals surface area contributed by atoms with Gasteiger partial charge in [0.15, 0.2) is 0 Å². The number of piperidine rings is 1. The Morgan fingerprint density at radius 1 is 1.12 bits per heavy atom. The van der Waals surface area contributed by atoms with Gasteiger partial charge in [-0.15, -0.1) is 0 Å². The van der Waals surface area contributed by atoms with Gasteiger partial charge < -0.3 is 14.5 Å². The Balaban J connectivity index is 1.62. The van der Waals surface area contributed by atoms with E-state index in [2.05, 4.69) is 0 Å². The van der Waals surface area contributed by atoms with Crippen LogP contribution < -0.4 is 0 Å². The maximum atomic E-state index is 13.7. The first kappa shape index (κ1) is 18.8. The van der Waals surface area contributed by atoms with Crippen LogP contribution in [0.1, 0.15) is 48.5 Å². The number of nitrogens with zero attached hydrogens (tertiary/aromatic N) is 2.